The van der Waals surface area contributed by atoms with Crippen LogP contribution in [-0.4, -0.2) is 56.6 Å². The molecule has 1 amide bonds. The maximum Gasteiger partial charge on any atom is 0.229 e. The third kappa shape index (κ3) is 7.46. The number of anilines is 1. The van der Waals surface area contributed by atoms with E-state index in [0.29, 0.717) is 23.3 Å². The summed E-state index contributed by atoms with van der Waals surface area (Å²) >= 11 is 0. The Balaban J connectivity index is 1.21. The highest BCUT2D eigenvalue weighted by Gasteiger charge is 2.24. The minimum atomic E-state index is -3.29. The molecule has 0 unspecified atom stereocenters. The maximum absolute atomic E-state index is 12.7. The summed E-state index contributed by atoms with van der Waals surface area (Å²) in [6.07, 6.45) is 8.19. The average Bonchev–Trinajstić information content (AvgIpc) is 2.82. The van der Waals surface area contributed by atoms with Crippen molar-refractivity contribution in [3.63, 3.8) is 0 Å². The normalized spacial score (nSPS) is 18.0. The SMILES string of the molecule is CS(=O)(=O)Nc1ccc(Oc2ccc(CN3CCN(C(=O)CC4CCCCC4)CC3)cc2)cc1. The minimum absolute atomic E-state index is 0.341. The van der Waals surface area contributed by atoms with Crippen molar-refractivity contribution in [2.75, 3.05) is 37.2 Å². The lowest BCUT2D eigenvalue weighted by Crippen LogP contribution is -2.48. The first-order valence-corrected chi connectivity index (χ1v) is 14.1. The van der Waals surface area contributed by atoms with Gasteiger partial charge in [-0.1, -0.05) is 31.4 Å². The van der Waals surface area contributed by atoms with Gasteiger partial charge in [-0.25, -0.2) is 8.42 Å². The molecule has 0 atom stereocenters. The number of rotatable bonds is 8. The number of nitrogens with one attached hydrogen (secondary N) is 1. The van der Waals surface area contributed by atoms with E-state index in [0.717, 1.165) is 51.1 Å². The number of hydrogen-bond donors (Lipinski definition) is 1. The van der Waals surface area contributed by atoms with E-state index in [9.17, 15) is 13.2 Å². The van der Waals surface area contributed by atoms with Gasteiger partial charge in [-0.3, -0.25) is 14.4 Å². The van der Waals surface area contributed by atoms with Gasteiger partial charge in [0.1, 0.15) is 11.5 Å². The molecule has 2 aromatic rings. The summed E-state index contributed by atoms with van der Waals surface area (Å²) in [6.45, 7) is 4.30. The standard InChI is InChI=1S/C26H35N3O4S/c1-34(31,32)27-23-9-13-25(14-10-23)33-24-11-7-22(8-12-24)20-28-15-17-29(18-16-28)26(30)19-21-5-3-2-4-6-21/h7-14,21,27H,2-6,15-20H2,1H3. The van der Waals surface area contributed by atoms with Crippen molar-refractivity contribution in [1.82, 2.24) is 9.80 Å². The Kier molecular flexibility index (Phi) is 8.11. The van der Waals surface area contributed by atoms with Crippen LogP contribution in [0.15, 0.2) is 48.5 Å². The molecule has 2 aromatic carbocycles. The molecule has 184 valence electrons. The predicted octanol–water partition coefficient (Wildman–Crippen LogP) is 4.47. The Bertz CT molecular complexity index is 1040. The second-order valence-electron chi connectivity index (χ2n) is 9.51. The van der Waals surface area contributed by atoms with Crippen molar-refractivity contribution in [1.29, 1.82) is 0 Å². The molecular weight excluding hydrogens is 450 g/mol. The molecule has 0 bridgehead atoms. The summed E-state index contributed by atoms with van der Waals surface area (Å²) in [6, 6.07) is 14.8. The molecule has 2 fully saturated rings. The number of carbonyl (C=O) groups is 1. The molecule has 0 spiro atoms. The Hall–Kier alpha value is -2.58. The highest BCUT2D eigenvalue weighted by Crippen LogP contribution is 2.27. The van der Waals surface area contributed by atoms with Crippen LogP contribution in [0.25, 0.3) is 0 Å². The van der Waals surface area contributed by atoms with Crippen LogP contribution in [-0.2, 0) is 21.4 Å². The fraction of sp³-hybridized carbons (Fsp3) is 0.500. The van der Waals surface area contributed by atoms with E-state index < -0.39 is 10.0 Å². The first kappa shape index (κ1) is 24.5. The topological polar surface area (TPSA) is 79.0 Å². The van der Waals surface area contributed by atoms with Crippen molar-refractivity contribution < 1.29 is 17.9 Å². The summed E-state index contributed by atoms with van der Waals surface area (Å²) in [5.41, 5.74) is 1.71. The number of carbonyl (C=O) groups excluding carboxylic acids is 1. The first-order valence-electron chi connectivity index (χ1n) is 12.2. The number of sulfonamides is 1. The van der Waals surface area contributed by atoms with Crippen molar-refractivity contribution in [2.45, 2.75) is 45.1 Å². The van der Waals surface area contributed by atoms with Crippen LogP contribution < -0.4 is 9.46 Å². The molecular formula is C26H35N3O4S. The van der Waals surface area contributed by atoms with Gasteiger partial charge in [0.05, 0.1) is 6.26 Å². The monoisotopic (exact) mass is 485 g/mol. The van der Waals surface area contributed by atoms with E-state index in [-0.39, 0.29) is 0 Å². The third-order valence-corrected chi connectivity index (χ3v) is 7.24. The van der Waals surface area contributed by atoms with Gasteiger partial charge in [0.25, 0.3) is 0 Å². The highest BCUT2D eigenvalue weighted by molar-refractivity contribution is 7.92. The molecule has 1 aliphatic carbocycles. The van der Waals surface area contributed by atoms with E-state index in [4.69, 9.17) is 4.74 Å². The molecule has 1 heterocycles. The van der Waals surface area contributed by atoms with Crippen LogP contribution in [0.4, 0.5) is 5.69 Å². The summed E-state index contributed by atoms with van der Waals surface area (Å²) in [7, 11) is -3.29. The Morgan fingerprint density at radius 1 is 0.912 bits per heavy atom. The van der Waals surface area contributed by atoms with Gasteiger partial charge in [0.2, 0.25) is 15.9 Å². The Morgan fingerprint density at radius 3 is 2.09 bits per heavy atom. The van der Waals surface area contributed by atoms with Gasteiger partial charge >= 0.3 is 0 Å². The zero-order chi connectivity index (χ0) is 24.0. The van der Waals surface area contributed by atoms with Crippen LogP contribution >= 0.6 is 0 Å². The fourth-order valence-electron chi connectivity index (χ4n) is 4.78. The molecule has 8 heteroatoms. The van der Waals surface area contributed by atoms with Crippen LogP contribution in [0.5, 0.6) is 11.5 Å². The predicted molar refractivity (Wildman–Crippen MR) is 134 cm³/mol. The summed E-state index contributed by atoms with van der Waals surface area (Å²) in [5.74, 6) is 2.31. The van der Waals surface area contributed by atoms with E-state index in [1.165, 1.54) is 37.7 Å². The van der Waals surface area contributed by atoms with Gasteiger partial charge in [0.15, 0.2) is 0 Å². The number of nitrogens with zero attached hydrogens (tertiary/aromatic N) is 2. The third-order valence-electron chi connectivity index (χ3n) is 6.64. The van der Waals surface area contributed by atoms with Crippen molar-refractivity contribution in [3.8, 4) is 11.5 Å². The van der Waals surface area contributed by atoms with Gasteiger partial charge in [0, 0.05) is 44.8 Å². The minimum Gasteiger partial charge on any atom is -0.457 e. The lowest BCUT2D eigenvalue weighted by Gasteiger charge is -2.35. The zero-order valence-corrected chi connectivity index (χ0v) is 20.7. The zero-order valence-electron chi connectivity index (χ0n) is 19.9. The van der Waals surface area contributed by atoms with Crippen LogP contribution in [0.3, 0.4) is 0 Å². The quantitative estimate of drug-likeness (QED) is 0.597. The van der Waals surface area contributed by atoms with Gasteiger partial charge < -0.3 is 9.64 Å². The van der Waals surface area contributed by atoms with Crippen molar-refractivity contribution >= 4 is 21.6 Å². The maximum atomic E-state index is 12.7. The van der Waals surface area contributed by atoms with Crippen LogP contribution in [0.2, 0.25) is 0 Å². The molecule has 0 aromatic heterocycles. The number of amides is 1. The van der Waals surface area contributed by atoms with E-state index in [1.807, 2.05) is 12.1 Å². The van der Waals surface area contributed by atoms with Crippen LogP contribution in [0, 0.1) is 5.92 Å². The van der Waals surface area contributed by atoms with Crippen molar-refractivity contribution in [2.24, 2.45) is 5.92 Å². The second-order valence-corrected chi connectivity index (χ2v) is 11.3. The Morgan fingerprint density at radius 2 is 1.50 bits per heavy atom. The van der Waals surface area contributed by atoms with Gasteiger partial charge in [-0.2, -0.15) is 0 Å². The average molecular weight is 486 g/mol. The summed E-state index contributed by atoms with van der Waals surface area (Å²) in [5, 5.41) is 0. The summed E-state index contributed by atoms with van der Waals surface area (Å²) in [4.78, 5) is 17.1. The summed E-state index contributed by atoms with van der Waals surface area (Å²) < 4.78 is 30.9. The highest BCUT2D eigenvalue weighted by atomic mass is 32.2. The fourth-order valence-corrected chi connectivity index (χ4v) is 5.35. The number of hydrogen-bond acceptors (Lipinski definition) is 5. The number of piperazine rings is 1. The van der Waals surface area contributed by atoms with Gasteiger partial charge in [-0.05, 0) is 60.7 Å². The molecule has 1 aliphatic heterocycles. The Labute approximate surface area is 203 Å². The van der Waals surface area contributed by atoms with Crippen molar-refractivity contribution in [3.05, 3.63) is 54.1 Å². The second kappa shape index (κ2) is 11.2. The number of ether oxygens (including phenoxy) is 1. The molecule has 7 nitrogen and oxygen atoms in total. The lowest BCUT2D eigenvalue weighted by molar-refractivity contribution is -0.134. The van der Waals surface area contributed by atoms with E-state index in [1.54, 1.807) is 24.3 Å². The van der Waals surface area contributed by atoms with E-state index >= 15 is 0 Å². The molecule has 1 saturated carbocycles. The van der Waals surface area contributed by atoms with Crippen LogP contribution in [0.1, 0.15) is 44.1 Å². The molecule has 2 aliphatic rings. The lowest BCUT2D eigenvalue weighted by atomic mass is 9.86. The van der Waals surface area contributed by atoms with Gasteiger partial charge in [-0.15, -0.1) is 0 Å². The largest absolute Gasteiger partial charge is 0.457 e. The van der Waals surface area contributed by atoms with E-state index in [2.05, 4.69) is 26.7 Å². The smallest absolute Gasteiger partial charge is 0.229 e. The molecule has 1 N–H and O–H groups in total. The first-order chi connectivity index (χ1) is 16.3. The molecule has 34 heavy (non-hydrogen) atoms. The molecule has 1 saturated heterocycles. The molecule has 0 radical (unpaired) electrons. The number of benzene rings is 2. The molecule has 4 rings (SSSR count).